The van der Waals surface area contributed by atoms with Crippen LogP contribution >= 0.6 is 31.3 Å². The van der Waals surface area contributed by atoms with Crippen LogP contribution in [0.4, 0.5) is 0 Å². The van der Waals surface area contributed by atoms with Crippen molar-refractivity contribution >= 4 is 47.1 Å². The lowest BCUT2D eigenvalue weighted by Crippen LogP contribution is -1.81. The van der Waals surface area contributed by atoms with E-state index in [-0.39, 0.29) is 3.94 Å². The number of rotatable bonds is 1. The first-order valence-corrected chi connectivity index (χ1v) is 4.80. The van der Waals surface area contributed by atoms with Crippen molar-refractivity contribution in [2.24, 2.45) is 0 Å². The van der Waals surface area contributed by atoms with Crippen LogP contribution in [-0.4, -0.2) is 13.7 Å². The van der Waals surface area contributed by atoms with Crippen molar-refractivity contribution < 1.29 is 9.79 Å². The van der Waals surface area contributed by atoms with Crippen LogP contribution in [0.3, 0.4) is 0 Å². The third-order valence-electron chi connectivity index (χ3n) is 0.249. The smallest absolute Gasteiger partial charge is 0.231 e. The Morgan fingerprint density at radius 1 is 1.57 bits per heavy atom. The molecule has 6 heteroatoms. The van der Waals surface area contributed by atoms with Gasteiger partial charge < -0.3 is 9.79 Å². The minimum absolute atomic E-state index is 0.192. The molecule has 0 aliphatic heterocycles. The van der Waals surface area contributed by atoms with Crippen molar-refractivity contribution in [2.45, 2.75) is 0 Å². The number of hydrogen-bond acceptors (Lipinski definition) is 2. The Balaban J connectivity index is 4.09. The molecule has 0 rings (SSSR count). The summed E-state index contributed by atoms with van der Waals surface area (Å²) in [4.78, 5) is 16.7. The zero-order valence-corrected chi connectivity index (χ0v) is 6.53. The van der Waals surface area contributed by atoms with E-state index in [1.807, 2.05) is 0 Å². The van der Waals surface area contributed by atoms with Gasteiger partial charge in [-0.1, -0.05) is 12.2 Å². The topological polar surface area (TPSA) is 40.5 Å². The lowest BCUT2D eigenvalue weighted by molar-refractivity contribution is 0.498. The van der Waals surface area contributed by atoms with Crippen LogP contribution in [-0.2, 0) is 11.8 Å². The molecule has 0 atom stereocenters. The quantitative estimate of drug-likeness (QED) is 0.307. The van der Waals surface area contributed by atoms with Gasteiger partial charge in [-0.25, -0.2) is 0 Å². The third kappa shape index (κ3) is 3.58. The fourth-order valence-electron chi connectivity index (χ4n) is 0. The Bertz CT molecular complexity index is 125. The van der Waals surface area contributed by atoms with Gasteiger partial charge in [0.2, 0.25) is 6.49 Å². The maximum absolute atomic E-state index is 8.36. The van der Waals surface area contributed by atoms with Gasteiger partial charge in [0.15, 0.2) is 0 Å². The minimum atomic E-state index is -3.31. The summed E-state index contributed by atoms with van der Waals surface area (Å²) < 4.78 is -0.192. The first-order chi connectivity index (χ1) is 2.94. The number of thiocarbonyl (C=S) groups is 1. The average Bonchev–Trinajstić information content (AvgIpc) is 1.31. The third-order valence-corrected chi connectivity index (χ3v) is 3.65. The van der Waals surface area contributed by atoms with E-state index in [1.54, 1.807) is 0 Å². The van der Waals surface area contributed by atoms with Gasteiger partial charge in [-0.05, 0) is 11.8 Å². The Morgan fingerprint density at radius 3 is 1.71 bits per heavy atom. The minimum Gasteiger partial charge on any atom is -0.341 e. The van der Waals surface area contributed by atoms with Crippen LogP contribution < -0.4 is 0 Å². The summed E-state index contributed by atoms with van der Waals surface area (Å²) in [5.41, 5.74) is 0. The maximum Gasteiger partial charge on any atom is 0.231 e. The van der Waals surface area contributed by atoms with Gasteiger partial charge >= 0.3 is 0 Å². The van der Waals surface area contributed by atoms with E-state index in [9.17, 15) is 0 Å². The zero-order valence-electron chi connectivity index (χ0n) is 3.11. The summed E-state index contributed by atoms with van der Waals surface area (Å²) in [7, 11) is 0. The zero-order chi connectivity index (χ0) is 6.08. The second kappa shape index (κ2) is 2.53. The first-order valence-electron chi connectivity index (χ1n) is 1.23. The Morgan fingerprint density at radius 2 is 1.71 bits per heavy atom. The van der Waals surface area contributed by atoms with Gasteiger partial charge in [-0.15, -0.1) is 12.6 Å². The molecule has 0 aromatic rings. The fourth-order valence-corrected chi connectivity index (χ4v) is 0. The summed E-state index contributed by atoms with van der Waals surface area (Å²) >= 11 is 11.8. The van der Waals surface area contributed by atoms with Crippen LogP contribution in [0.5, 0.6) is 0 Å². The van der Waals surface area contributed by atoms with Gasteiger partial charge in [-0.3, -0.25) is 0 Å². The second-order valence-corrected chi connectivity index (χ2v) is 5.70. The molecule has 0 aromatic heterocycles. The lowest BCUT2D eigenvalue weighted by Gasteiger charge is -1.99. The lowest BCUT2D eigenvalue weighted by atomic mass is 11.9. The highest BCUT2D eigenvalue weighted by molar-refractivity contribution is 8.38. The predicted octanol–water partition coefficient (Wildman–Crippen LogP) is 0.495. The van der Waals surface area contributed by atoms with Gasteiger partial charge in [0, 0.05) is 0 Å². The maximum atomic E-state index is 8.36. The van der Waals surface area contributed by atoms with E-state index < -0.39 is 6.49 Å². The summed E-state index contributed by atoms with van der Waals surface area (Å²) in [6.45, 7) is -3.31. The summed E-state index contributed by atoms with van der Waals surface area (Å²) in [6, 6.07) is 0. The van der Waals surface area contributed by atoms with E-state index in [0.717, 1.165) is 0 Å². The molecule has 7 heavy (non-hydrogen) atoms. The van der Waals surface area contributed by atoms with Crippen LogP contribution in [0.1, 0.15) is 0 Å². The number of hydrogen-bond donors (Lipinski definition) is 3. The van der Waals surface area contributed by atoms with Crippen molar-refractivity contribution in [3.63, 3.8) is 0 Å². The van der Waals surface area contributed by atoms with E-state index in [2.05, 4.69) is 36.7 Å². The van der Waals surface area contributed by atoms with Crippen LogP contribution in [0.25, 0.3) is 0 Å². The van der Waals surface area contributed by atoms with E-state index >= 15 is 0 Å². The molecule has 0 aliphatic rings. The normalized spacial score (nSPS) is 11.3. The molecule has 42 valence electrons. The standard InChI is InChI=1S/CH3O2PS3/c2-4(3,7)1(5)6/h(H,5,6)(H2,2,3,7). The van der Waals surface area contributed by atoms with E-state index in [4.69, 9.17) is 9.79 Å². The van der Waals surface area contributed by atoms with Gasteiger partial charge in [0.1, 0.15) is 3.94 Å². The fraction of sp³-hybridized carbons (Fsp3) is 0. The van der Waals surface area contributed by atoms with Gasteiger partial charge in [-0.2, -0.15) is 0 Å². The van der Waals surface area contributed by atoms with E-state index in [1.165, 1.54) is 0 Å². The molecule has 2 nitrogen and oxygen atoms in total. The van der Waals surface area contributed by atoms with E-state index in [0.29, 0.717) is 0 Å². The molecule has 2 N–H and O–H groups in total. The summed E-state index contributed by atoms with van der Waals surface area (Å²) in [5, 5.41) is 0. The molecule has 0 saturated heterocycles. The summed E-state index contributed by atoms with van der Waals surface area (Å²) in [6.07, 6.45) is 0. The summed E-state index contributed by atoms with van der Waals surface area (Å²) in [5.74, 6) is 0. The molecular formula is CH3O2PS3. The molecule has 0 heterocycles. The molecular weight excluding hydrogens is 171 g/mol. The predicted molar refractivity (Wildman–Crippen MR) is 40.3 cm³/mol. The van der Waals surface area contributed by atoms with Gasteiger partial charge in [0.05, 0.1) is 0 Å². The van der Waals surface area contributed by atoms with Crippen LogP contribution in [0.2, 0.25) is 0 Å². The molecule has 0 spiro atoms. The molecule has 0 aliphatic carbocycles. The average molecular weight is 174 g/mol. The number of thiol groups is 1. The van der Waals surface area contributed by atoms with Crippen molar-refractivity contribution in [1.82, 2.24) is 0 Å². The molecule has 0 bridgehead atoms. The Labute approximate surface area is 57.1 Å². The molecule has 0 amide bonds. The van der Waals surface area contributed by atoms with Crippen LogP contribution in [0.15, 0.2) is 0 Å². The van der Waals surface area contributed by atoms with Crippen LogP contribution in [0, 0.1) is 0 Å². The van der Waals surface area contributed by atoms with Gasteiger partial charge in [0.25, 0.3) is 0 Å². The molecule has 0 unspecified atom stereocenters. The highest BCUT2D eigenvalue weighted by atomic mass is 32.5. The Hall–Kier alpha value is 1.01. The monoisotopic (exact) mass is 174 g/mol. The first kappa shape index (κ1) is 8.01. The largest absolute Gasteiger partial charge is 0.341 e. The molecule has 0 fully saturated rings. The van der Waals surface area contributed by atoms with Crippen molar-refractivity contribution in [3.05, 3.63) is 0 Å². The SMILES string of the molecule is OP(O)(=S)C(=S)S. The van der Waals surface area contributed by atoms with Crippen molar-refractivity contribution in [3.8, 4) is 0 Å². The van der Waals surface area contributed by atoms with Crippen molar-refractivity contribution in [1.29, 1.82) is 0 Å². The molecule has 0 aromatic carbocycles. The molecule has 0 saturated carbocycles. The van der Waals surface area contributed by atoms with Crippen molar-refractivity contribution in [2.75, 3.05) is 0 Å². The highest BCUT2D eigenvalue weighted by Crippen LogP contribution is 2.38. The molecule has 0 radical (unpaired) electrons. The Kier molecular flexibility index (Phi) is 2.89. The second-order valence-electron chi connectivity index (χ2n) is 0.827. The highest BCUT2D eigenvalue weighted by Gasteiger charge is 2.08.